The third-order valence-corrected chi connectivity index (χ3v) is 2.54. The van der Waals surface area contributed by atoms with Gasteiger partial charge in [-0.3, -0.25) is 0 Å². The van der Waals surface area contributed by atoms with Gasteiger partial charge >= 0.3 is 0 Å². The molecule has 0 saturated carbocycles. The molecule has 0 aliphatic rings. The lowest BCUT2D eigenvalue weighted by atomic mass is 10.2. The van der Waals surface area contributed by atoms with Gasteiger partial charge in [-0.05, 0) is 19.3 Å². The van der Waals surface area contributed by atoms with Gasteiger partial charge in [0, 0.05) is 25.0 Å². The van der Waals surface area contributed by atoms with E-state index in [1.165, 1.54) is 0 Å². The zero-order valence-corrected chi connectivity index (χ0v) is 12.1. The third kappa shape index (κ3) is 7.05. The van der Waals surface area contributed by atoms with E-state index in [1.54, 1.807) is 13.1 Å². The average molecular weight is 258 g/mol. The summed E-state index contributed by atoms with van der Waals surface area (Å²) in [7, 11) is 0. The van der Waals surface area contributed by atoms with Gasteiger partial charge in [-0.25, -0.2) is 4.99 Å². The van der Waals surface area contributed by atoms with E-state index in [4.69, 9.17) is 17.3 Å². The fraction of sp³-hybridized carbons (Fsp3) is 0.615. The fourth-order valence-corrected chi connectivity index (χ4v) is 1.40. The predicted molar refractivity (Wildman–Crippen MR) is 77.1 cm³/mol. The summed E-state index contributed by atoms with van der Waals surface area (Å²) in [6.07, 6.45) is 2.63. The molecular formula is C13H24ClN3. The van der Waals surface area contributed by atoms with Crippen LogP contribution in [0.3, 0.4) is 0 Å². The van der Waals surface area contributed by atoms with Gasteiger partial charge in [-0.15, -0.1) is 0 Å². The van der Waals surface area contributed by atoms with Gasteiger partial charge in [0.05, 0.1) is 5.03 Å². The molecule has 3 nitrogen and oxygen atoms in total. The summed E-state index contributed by atoms with van der Waals surface area (Å²) in [5.41, 5.74) is 6.11. The summed E-state index contributed by atoms with van der Waals surface area (Å²) in [5.74, 6) is 1.32. The number of hydrogen-bond acceptors (Lipinski definition) is 3. The molecule has 2 N–H and O–H groups in total. The van der Waals surface area contributed by atoms with Gasteiger partial charge in [-0.2, -0.15) is 0 Å². The maximum Gasteiger partial charge on any atom is 0.121 e. The molecule has 0 radical (unpaired) electrons. The maximum absolute atomic E-state index is 5.89. The lowest BCUT2D eigenvalue weighted by Gasteiger charge is -2.25. The van der Waals surface area contributed by atoms with Crippen LogP contribution in [-0.2, 0) is 0 Å². The van der Waals surface area contributed by atoms with Crippen molar-refractivity contribution in [3.63, 3.8) is 0 Å². The Kier molecular flexibility index (Phi) is 7.72. The zero-order chi connectivity index (χ0) is 13.4. The van der Waals surface area contributed by atoms with E-state index in [0.717, 1.165) is 25.3 Å². The van der Waals surface area contributed by atoms with Gasteiger partial charge in [0.2, 0.25) is 0 Å². The highest BCUT2D eigenvalue weighted by atomic mass is 35.5. The van der Waals surface area contributed by atoms with E-state index in [9.17, 15) is 0 Å². The summed E-state index contributed by atoms with van der Waals surface area (Å²) in [5, 5.41) is 0.465. The Labute approximate surface area is 110 Å². The molecule has 0 bridgehead atoms. The van der Waals surface area contributed by atoms with Crippen LogP contribution < -0.4 is 5.73 Å². The molecule has 0 fully saturated rings. The molecule has 0 aromatic rings. The van der Waals surface area contributed by atoms with Crippen LogP contribution in [0.1, 0.15) is 34.1 Å². The lowest BCUT2D eigenvalue weighted by Crippen LogP contribution is -2.27. The van der Waals surface area contributed by atoms with Crippen LogP contribution in [0.15, 0.2) is 28.1 Å². The van der Waals surface area contributed by atoms with Crippen molar-refractivity contribution in [2.24, 2.45) is 16.6 Å². The predicted octanol–water partition coefficient (Wildman–Crippen LogP) is 3.33. The Bertz CT molecular complexity index is 302. The van der Waals surface area contributed by atoms with Gasteiger partial charge in [-0.1, -0.05) is 39.0 Å². The summed E-state index contributed by atoms with van der Waals surface area (Å²) < 4.78 is 0. The van der Waals surface area contributed by atoms with Crippen LogP contribution >= 0.6 is 11.6 Å². The zero-order valence-electron chi connectivity index (χ0n) is 11.3. The topological polar surface area (TPSA) is 41.6 Å². The first kappa shape index (κ1) is 16.0. The van der Waals surface area contributed by atoms with Crippen LogP contribution in [0.5, 0.6) is 0 Å². The Hall–Kier alpha value is -0.960. The van der Waals surface area contributed by atoms with Crippen LogP contribution in [0.25, 0.3) is 0 Å². The second-order valence-corrected chi connectivity index (χ2v) is 4.95. The van der Waals surface area contributed by atoms with Gasteiger partial charge in [0.25, 0.3) is 0 Å². The van der Waals surface area contributed by atoms with Crippen molar-refractivity contribution in [2.75, 3.05) is 13.1 Å². The largest absolute Gasteiger partial charge is 0.401 e. The van der Waals surface area contributed by atoms with Crippen LogP contribution in [0.2, 0.25) is 0 Å². The molecule has 0 aromatic heterocycles. The first-order valence-electron chi connectivity index (χ1n) is 5.98. The minimum atomic E-state index is 0.465. The minimum absolute atomic E-state index is 0.465. The molecule has 0 amide bonds. The molecule has 0 unspecified atom stereocenters. The number of nitrogens with zero attached hydrogens (tertiary/aromatic N) is 2. The van der Waals surface area contributed by atoms with Crippen molar-refractivity contribution in [1.82, 2.24) is 4.90 Å². The molecule has 4 heteroatoms. The quantitative estimate of drug-likeness (QED) is 0.711. The van der Waals surface area contributed by atoms with Crippen LogP contribution in [0, 0.1) is 5.92 Å². The minimum Gasteiger partial charge on any atom is -0.401 e. The summed E-state index contributed by atoms with van der Waals surface area (Å²) in [6, 6.07) is 0. The highest BCUT2D eigenvalue weighted by molar-refractivity contribution is 6.39. The van der Waals surface area contributed by atoms with Gasteiger partial charge < -0.3 is 10.6 Å². The Morgan fingerprint density at radius 1 is 1.53 bits per heavy atom. The van der Waals surface area contributed by atoms with Crippen molar-refractivity contribution in [2.45, 2.75) is 34.1 Å². The molecule has 0 aromatic carbocycles. The number of aliphatic imine (C=N–C) groups is 1. The molecule has 17 heavy (non-hydrogen) atoms. The number of halogens is 1. The summed E-state index contributed by atoms with van der Waals surface area (Å²) in [4.78, 5) is 6.42. The normalized spacial score (nSPS) is 13.1. The molecule has 0 aliphatic heterocycles. The smallest absolute Gasteiger partial charge is 0.121 e. The highest BCUT2D eigenvalue weighted by Gasteiger charge is 2.07. The number of hydrogen-bond donors (Lipinski definition) is 1. The first-order chi connectivity index (χ1) is 7.88. The maximum atomic E-state index is 5.89. The first-order valence-corrected chi connectivity index (χ1v) is 6.36. The average Bonchev–Trinajstić information content (AvgIpc) is 2.23. The molecule has 0 rings (SSSR count). The monoisotopic (exact) mass is 257 g/mol. The molecule has 0 aliphatic carbocycles. The van der Waals surface area contributed by atoms with E-state index in [2.05, 4.69) is 37.2 Å². The highest BCUT2D eigenvalue weighted by Crippen LogP contribution is 2.10. The Morgan fingerprint density at radius 3 is 2.53 bits per heavy atom. The van der Waals surface area contributed by atoms with Crippen molar-refractivity contribution in [3.05, 3.63) is 23.1 Å². The lowest BCUT2D eigenvalue weighted by molar-refractivity contribution is 0.304. The number of allylic oxidation sites excluding steroid dienone is 2. The van der Waals surface area contributed by atoms with Crippen LogP contribution in [-0.4, -0.2) is 24.2 Å². The summed E-state index contributed by atoms with van der Waals surface area (Å²) >= 11 is 5.89. The van der Waals surface area contributed by atoms with E-state index >= 15 is 0 Å². The van der Waals surface area contributed by atoms with Crippen molar-refractivity contribution in [1.29, 1.82) is 0 Å². The van der Waals surface area contributed by atoms with E-state index in [-0.39, 0.29) is 0 Å². The summed E-state index contributed by atoms with van der Waals surface area (Å²) in [6.45, 7) is 14.1. The second-order valence-electron chi connectivity index (χ2n) is 4.55. The molecule has 0 heterocycles. The third-order valence-electron chi connectivity index (χ3n) is 2.15. The van der Waals surface area contributed by atoms with E-state index in [1.807, 2.05) is 0 Å². The number of rotatable bonds is 7. The van der Waals surface area contributed by atoms with E-state index < -0.39 is 0 Å². The SMILES string of the molecule is C=C(/N=C\C(Cl)=C(\C)N)N(CCC)CC(C)C. The Balaban J connectivity index is 4.57. The van der Waals surface area contributed by atoms with Crippen LogP contribution in [0.4, 0.5) is 0 Å². The van der Waals surface area contributed by atoms with Gasteiger partial charge in [0.15, 0.2) is 0 Å². The molecule has 0 saturated heterocycles. The molecule has 0 spiro atoms. The van der Waals surface area contributed by atoms with Crippen molar-refractivity contribution in [3.8, 4) is 0 Å². The van der Waals surface area contributed by atoms with Gasteiger partial charge in [0.1, 0.15) is 5.82 Å². The Morgan fingerprint density at radius 2 is 2.12 bits per heavy atom. The van der Waals surface area contributed by atoms with Crippen molar-refractivity contribution >= 4 is 17.8 Å². The second kappa shape index (κ2) is 8.18. The molecular weight excluding hydrogens is 234 g/mol. The van der Waals surface area contributed by atoms with E-state index in [0.29, 0.717) is 16.6 Å². The molecule has 0 atom stereocenters. The standard InChI is InChI=1S/C13H24ClN3/c1-6-7-17(9-10(2)3)12(5)16-8-13(14)11(4)15/h8,10H,5-7,9,15H2,1-4H3/b13-11+,16-8-. The fourth-order valence-electron chi connectivity index (χ4n) is 1.35. The number of nitrogens with two attached hydrogens (primary N) is 1. The molecule has 98 valence electrons. The van der Waals surface area contributed by atoms with Crippen molar-refractivity contribution < 1.29 is 0 Å².